The zero-order valence-electron chi connectivity index (χ0n) is 11.7. The fourth-order valence-corrected chi connectivity index (χ4v) is 2.02. The standard InChI is InChI=1S/C15H24N2O2/c1-11(13-5-7-14(16)8-6-13)10-15(19)17-12(2)4-3-9-18/h5-8,11-12,18H,3-4,9-10,16H2,1-2H3,(H,17,19). The molecule has 4 N–H and O–H groups in total. The molecule has 2 atom stereocenters. The fourth-order valence-electron chi connectivity index (χ4n) is 2.02. The molecule has 2 unspecified atom stereocenters. The lowest BCUT2D eigenvalue weighted by molar-refractivity contribution is -0.122. The predicted octanol–water partition coefficient (Wildman–Crippen LogP) is 2.04. The zero-order valence-corrected chi connectivity index (χ0v) is 11.7. The highest BCUT2D eigenvalue weighted by molar-refractivity contribution is 5.77. The van der Waals surface area contributed by atoms with E-state index in [9.17, 15) is 4.79 Å². The summed E-state index contributed by atoms with van der Waals surface area (Å²) in [6.07, 6.45) is 1.99. The summed E-state index contributed by atoms with van der Waals surface area (Å²) in [6, 6.07) is 7.74. The van der Waals surface area contributed by atoms with Gasteiger partial charge < -0.3 is 16.2 Å². The van der Waals surface area contributed by atoms with E-state index < -0.39 is 0 Å². The Labute approximate surface area is 115 Å². The van der Waals surface area contributed by atoms with Gasteiger partial charge in [-0.15, -0.1) is 0 Å². The SMILES string of the molecule is CC(CCCO)NC(=O)CC(C)c1ccc(N)cc1. The van der Waals surface area contributed by atoms with Crippen molar-refractivity contribution in [1.29, 1.82) is 0 Å². The van der Waals surface area contributed by atoms with E-state index in [4.69, 9.17) is 10.8 Å². The Balaban J connectivity index is 2.41. The Morgan fingerprint density at radius 2 is 1.95 bits per heavy atom. The van der Waals surface area contributed by atoms with Gasteiger partial charge in [-0.1, -0.05) is 19.1 Å². The Morgan fingerprint density at radius 3 is 2.53 bits per heavy atom. The molecule has 0 aliphatic heterocycles. The number of hydrogen-bond acceptors (Lipinski definition) is 3. The molecule has 0 heterocycles. The van der Waals surface area contributed by atoms with Gasteiger partial charge in [-0.2, -0.15) is 0 Å². The summed E-state index contributed by atoms with van der Waals surface area (Å²) in [4.78, 5) is 11.9. The summed E-state index contributed by atoms with van der Waals surface area (Å²) < 4.78 is 0. The maximum atomic E-state index is 11.9. The minimum absolute atomic E-state index is 0.0507. The first kappa shape index (κ1) is 15.5. The number of carbonyl (C=O) groups excluding carboxylic acids is 1. The lowest BCUT2D eigenvalue weighted by Gasteiger charge is -2.16. The molecule has 0 aromatic heterocycles. The number of nitrogen functional groups attached to an aromatic ring is 1. The van der Waals surface area contributed by atoms with Crippen LogP contribution >= 0.6 is 0 Å². The van der Waals surface area contributed by atoms with E-state index in [0.717, 1.165) is 24.1 Å². The van der Waals surface area contributed by atoms with Crippen molar-refractivity contribution in [3.8, 4) is 0 Å². The molecule has 1 aromatic carbocycles. The number of anilines is 1. The average molecular weight is 264 g/mol. The molecular weight excluding hydrogens is 240 g/mol. The molecular formula is C15H24N2O2. The highest BCUT2D eigenvalue weighted by Gasteiger charge is 2.13. The second-order valence-corrected chi connectivity index (χ2v) is 5.11. The smallest absolute Gasteiger partial charge is 0.220 e. The molecule has 1 rings (SSSR count). The Bertz CT molecular complexity index is 390. The van der Waals surface area contributed by atoms with Gasteiger partial charge in [-0.25, -0.2) is 0 Å². The molecule has 1 amide bonds. The topological polar surface area (TPSA) is 75.3 Å². The van der Waals surface area contributed by atoms with Crippen molar-refractivity contribution in [2.75, 3.05) is 12.3 Å². The minimum atomic E-state index is 0.0507. The summed E-state index contributed by atoms with van der Waals surface area (Å²) in [5.41, 5.74) is 7.49. The average Bonchev–Trinajstić information content (AvgIpc) is 2.36. The van der Waals surface area contributed by atoms with Crippen molar-refractivity contribution < 1.29 is 9.90 Å². The molecule has 0 aliphatic rings. The number of hydrogen-bond donors (Lipinski definition) is 3. The quantitative estimate of drug-likeness (QED) is 0.660. The number of rotatable bonds is 7. The van der Waals surface area contributed by atoms with Crippen LogP contribution in [0, 0.1) is 0 Å². The van der Waals surface area contributed by atoms with E-state index in [-0.39, 0.29) is 24.5 Å². The van der Waals surface area contributed by atoms with Gasteiger partial charge in [0, 0.05) is 24.8 Å². The molecule has 0 bridgehead atoms. The third-order valence-corrected chi connectivity index (χ3v) is 3.20. The van der Waals surface area contributed by atoms with Gasteiger partial charge in [0.2, 0.25) is 5.91 Å². The van der Waals surface area contributed by atoms with Crippen molar-refractivity contribution in [2.24, 2.45) is 0 Å². The van der Waals surface area contributed by atoms with Crippen LogP contribution in [0.5, 0.6) is 0 Å². The normalized spacial score (nSPS) is 13.8. The van der Waals surface area contributed by atoms with Crippen LogP contribution in [0.25, 0.3) is 0 Å². The molecule has 0 radical (unpaired) electrons. The van der Waals surface area contributed by atoms with Crippen molar-refractivity contribution in [2.45, 2.75) is 45.1 Å². The third-order valence-electron chi connectivity index (χ3n) is 3.20. The van der Waals surface area contributed by atoms with Crippen molar-refractivity contribution in [3.63, 3.8) is 0 Å². The van der Waals surface area contributed by atoms with Crippen LogP contribution in [-0.2, 0) is 4.79 Å². The van der Waals surface area contributed by atoms with Gasteiger partial charge in [0.1, 0.15) is 0 Å². The summed E-state index contributed by atoms with van der Waals surface area (Å²) in [5.74, 6) is 0.223. The zero-order chi connectivity index (χ0) is 14.3. The van der Waals surface area contributed by atoms with Crippen molar-refractivity contribution in [3.05, 3.63) is 29.8 Å². The molecule has 0 saturated carbocycles. The van der Waals surface area contributed by atoms with E-state index in [2.05, 4.69) is 5.32 Å². The number of amides is 1. The number of benzene rings is 1. The van der Waals surface area contributed by atoms with Crippen LogP contribution in [0.1, 0.15) is 44.6 Å². The van der Waals surface area contributed by atoms with Crippen molar-refractivity contribution >= 4 is 11.6 Å². The van der Waals surface area contributed by atoms with Crippen LogP contribution in [-0.4, -0.2) is 23.7 Å². The first-order valence-electron chi connectivity index (χ1n) is 6.78. The first-order valence-corrected chi connectivity index (χ1v) is 6.78. The second-order valence-electron chi connectivity index (χ2n) is 5.11. The van der Waals surface area contributed by atoms with E-state index in [1.807, 2.05) is 38.1 Å². The van der Waals surface area contributed by atoms with Crippen molar-refractivity contribution in [1.82, 2.24) is 5.32 Å². The highest BCUT2D eigenvalue weighted by atomic mass is 16.2. The Kier molecular flexibility index (Phi) is 6.36. The first-order chi connectivity index (χ1) is 9.02. The molecule has 4 heteroatoms. The van der Waals surface area contributed by atoms with E-state index in [0.29, 0.717) is 6.42 Å². The lowest BCUT2D eigenvalue weighted by Crippen LogP contribution is -2.33. The summed E-state index contributed by atoms with van der Waals surface area (Å²) in [6.45, 7) is 4.16. The maximum absolute atomic E-state index is 11.9. The fraction of sp³-hybridized carbons (Fsp3) is 0.533. The lowest BCUT2D eigenvalue weighted by atomic mass is 9.97. The van der Waals surface area contributed by atoms with Crippen LogP contribution < -0.4 is 11.1 Å². The van der Waals surface area contributed by atoms with E-state index >= 15 is 0 Å². The molecule has 19 heavy (non-hydrogen) atoms. The molecule has 0 spiro atoms. The largest absolute Gasteiger partial charge is 0.399 e. The van der Waals surface area contributed by atoms with Gasteiger partial charge in [0.15, 0.2) is 0 Å². The summed E-state index contributed by atoms with van der Waals surface area (Å²) in [7, 11) is 0. The number of nitrogens with one attached hydrogen (secondary N) is 1. The van der Waals surface area contributed by atoms with Crippen LogP contribution in [0.3, 0.4) is 0 Å². The van der Waals surface area contributed by atoms with Gasteiger partial charge in [-0.05, 0) is 43.4 Å². The van der Waals surface area contributed by atoms with E-state index in [1.165, 1.54) is 0 Å². The van der Waals surface area contributed by atoms with Gasteiger partial charge in [0.25, 0.3) is 0 Å². The number of carbonyl (C=O) groups is 1. The molecule has 0 aliphatic carbocycles. The van der Waals surface area contributed by atoms with Gasteiger partial charge in [0.05, 0.1) is 0 Å². The number of nitrogens with two attached hydrogens (primary N) is 1. The second kappa shape index (κ2) is 7.79. The molecule has 0 saturated heterocycles. The molecule has 4 nitrogen and oxygen atoms in total. The number of aliphatic hydroxyl groups is 1. The number of aliphatic hydroxyl groups excluding tert-OH is 1. The Hall–Kier alpha value is -1.55. The van der Waals surface area contributed by atoms with Crippen LogP contribution in [0.2, 0.25) is 0 Å². The highest BCUT2D eigenvalue weighted by Crippen LogP contribution is 2.20. The molecule has 106 valence electrons. The summed E-state index contributed by atoms with van der Waals surface area (Å²) in [5, 5.41) is 11.7. The minimum Gasteiger partial charge on any atom is -0.399 e. The predicted molar refractivity (Wildman–Crippen MR) is 77.8 cm³/mol. The van der Waals surface area contributed by atoms with E-state index in [1.54, 1.807) is 0 Å². The molecule has 0 fully saturated rings. The van der Waals surface area contributed by atoms with Crippen LogP contribution in [0.15, 0.2) is 24.3 Å². The van der Waals surface area contributed by atoms with Gasteiger partial charge >= 0.3 is 0 Å². The monoisotopic (exact) mass is 264 g/mol. The molecule has 1 aromatic rings. The Morgan fingerprint density at radius 1 is 1.32 bits per heavy atom. The summed E-state index contributed by atoms with van der Waals surface area (Å²) >= 11 is 0. The maximum Gasteiger partial charge on any atom is 0.220 e. The van der Waals surface area contributed by atoms with Crippen LogP contribution in [0.4, 0.5) is 5.69 Å². The third kappa shape index (κ3) is 5.75. The van der Waals surface area contributed by atoms with Gasteiger partial charge in [-0.3, -0.25) is 4.79 Å².